The second kappa shape index (κ2) is 6.06. The molecule has 6 heteroatoms. The first kappa shape index (κ1) is 16.1. The molecule has 0 bridgehead atoms. The standard InChI is InChI=1S/C9H12O3.C8H10O3/c1-9-5-3-2-4-6(9)7(10)12-8(9)11;9-7-5-3-1-2-4-6(5)8(10)11-7/h6H,2-5H2,1H3;5-6H,1-4H2. The molecule has 0 spiro atoms. The van der Waals surface area contributed by atoms with Crippen molar-refractivity contribution in [1.82, 2.24) is 0 Å². The summed E-state index contributed by atoms with van der Waals surface area (Å²) in [6.45, 7) is 1.85. The molecule has 0 radical (unpaired) electrons. The molecule has 0 N–H and O–H groups in total. The van der Waals surface area contributed by atoms with Crippen molar-refractivity contribution < 1.29 is 28.7 Å². The molecule has 2 aliphatic heterocycles. The Morgan fingerprint density at radius 3 is 1.91 bits per heavy atom. The van der Waals surface area contributed by atoms with Crippen LogP contribution in [-0.4, -0.2) is 23.9 Å². The van der Waals surface area contributed by atoms with Gasteiger partial charge in [0.15, 0.2) is 0 Å². The van der Waals surface area contributed by atoms with E-state index in [0.717, 1.165) is 51.4 Å². The highest BCUT2D eigenvalue weighted by atomic mass is 16.6. The Bertz CT molecular complexity index is 531. The van der Waals surface area contributed by atoms with E-state index < -0.39 is 5.41 Å². The summed E-state index contributed by atoms with van der Waals surface area (Å²) >= 11 is 0. The number of ether oxygens (including phenoxy) is 2. The summed E-state index contributed by atoms with van der Waals surface area (Å²) in [4.78, 5) is 44.4. The fourth-order valence-corrected chi connectivity index (χ4v) is 4.18. The molecule has 0 aromatic carbocycles. The van der Waals surface area contributed by atoms with E-state index in [1.807, 2.05) is 6.92 Å². The van der Waals surface area contributed by atoms with Crippen molar-refractivity contribution in [3.63, 3.8) is 0 Å². The van der Waals surface area contributed by atoms with Crippen LogP contribution in [0.1, 0.15) is 58.3 Å². The van der Waals surface area contributed by atoms with Crippen LogP contribution in [0.25, 0.3) is 0 Å². The Labute approximate surface area is 134 Å². The largest absolute Gasteiger partial charge is 0.393 e. The van der Waals surface area contributed by atoms with Gasteiger partial charge in [-0.15, -0.1) is 0 Å². The Morgan fingerprint density at radius 1 is 0.783 bits per heavy atom. The number of hydrogen-bond donors (Lipinski definition) is 0. The second-order valence-corrected chi connectivity index (χ2v) is 7.16. The zero-order valence-corrected chi connectivity index (χ0v) is 13.3. The number of cyclic esters (lactones) is 4. The van der Waals surface area contributed by atoms with Crippen molar-refractivity contribution in [2.45, 2.75) is 58.3 Å². The van der Waals surface area contributed by atoms with E-state index in [-0.39, 0.29) is 41.6 Å². The molecule has 4 aliphatic rings. The average molecular weight is 322 g/mol. The molecule has 4 unspecified atom stereocenters. The molecule has 4 fully saturated rings. The maximum absolute atomic E-state index is 11.3. The van der Waals surface area contributed by atoms with E-state index >= 15 is 0 Å². The third-order valence-corrected chi connectivity index (χ3v) is 5.72. The molecule has 2 aliphatic carbocycles. The monoisotopic (exact) mass is 322 g/mol. The van der Waals surface area contributed by atoms with Gasteiger partial charge in [-0.05, 0) is 32.6 Å². The van der Waals surface area contributed by atoms with Crippen LogP contribution in [0.3, 0.4) is 0 Å². The van der Waals surface area contributed by atoms with Crippen molar-refractivity contribution in [2.24, 2.45) is 23.2 Å². The molecule has 4 rings (SSSR count). The van der Waals surface area contributed by atoms with Gasteiger partial charge < -0.3 is 9.47 Å². The Morgan fingerprint density at radius 2 is 1.35 bits per heavy atom. The minimum atomic E-state index is -0.491. The van der Waals surface area contributed by atoms with Crippen LogP contribution in [0.5, 0.6) is 0 Å². The van der Waals surface area contributed by atoms with Crippen LogP contribution in [0.15, 0.2) is 0 Å². The smallest absolute Gasteiger partial charge is 0.320 e. The van der Waals surface area contributed by atoms with E-state index in [1.54, 1.807) is 0 Å². The van der Waals surface area contributed by atoms with Gasteiger partial charge >= 0.3 is 23.9 Å². The average Bonchev–Trinajstić information content (AvgIpc) is 2.95. The van der Waals surface area contributed by atoms with Crippen LogP contribution in [0.4, 0.5) is 0 Å². The molecule has 4 atom stereocenters. The van der Waals surface area contributed by atoms with Gasteiger partial charge in [0, 0.05) is 0 Å². The fourth-order valence-electron chi connectivity index (χ4n) is 4.18. The van der Waals surface area contributed by atoms with Crippen molar-refractivity contribution in [2.75, 3.05) is 0 Å². The summed E-state index contributed by atoms with van der Waals surface area (Å²) in [6.07, 6.45) is 7.51. The van der Waals surface area contributed by atoms with Gasteiger partial charge in [-0.2, -0.15) is 0 Å². The van der Waals surface area contributed by atoms with Crippen LogP contribution in [0.2, 0.25) is 0 Å². The van der Waals surface area contributed by atoms with Gasteiger partial charge in [0.1, 0.15) is 0 Å². The third kappa shape index (κ3) is 2.79. The molecule has 0 aromatic heterocycles. The predicted octanol–water partition coefficient (Wildman–Crippen LogP) is 2.14. The first-order valence-electron chi connectivity index (χ1n) is 8.45. The molecule has 0 amide bonds. The molecular weight excluding hydrogens is 300 g/mol. The van der Waals surface area contributed by atoms with E-state index in [4.69, 9.17) is 0 Å². The molecule has 6 nitrogen and oxygen atoms in total. The molecule has 23 heavy (non-hydrogen) atoms. The first-order chi connectivity index (χ1) is 10.9. The van der Waals surface area contributed by atoms with Crippen LogP contribution < -0.4 is 0 Å². The summed E-state index contributed by atoms with van der Waals surface area (Å²) in [5, 5.41) is 0. The molecule has 2 heterocycles. The Balaban J connectivity index is 0.000000136. The van der Waals surface area contributed by atoms with Gasteiger partial charge in [0.2, 0.25) is 0 Å². The summed E-state index contributed by atoms with van der Waals surface area (Å²) in [6, 6.07) is 0. The fraction of sp³-hybridized carbons (Fsp3) is 0.765. The number of fused-ring (bicyclic) bond motifs is 2. The van der Waals surface area contributed by atoms with Crippen LogP contribution >= 0.6 is 0 Å². The van der Waals surface area contributed by atoms with Crippen LogP contribution in [-0.2, 0) is 28.7 Å². The van der Waals surface area contributed by atoms with Crippen molar-refractivity contribution in [1.29, 1.82) is 0 Å². The quantitative estimate of drug-likeness (QED) is 0.501. The van der Waals surface area contributed by atoms with Gasteiger partial charge in [-0.3, -0.25) is 19.2 Å². The maximum atomic E-state index is 11.3. The lowest BCUT2D eigenvalue weighted by molar-refractivity contribution is -0.156. The van der Waals surface area contributed by atoms with Crippen molar-refractivity contribution >= 4 is 23.9 Å². The number of carbonyl (C=O) groups is 4. The van der Waals surface area contributed by atoms with Crippen LogP contribution in [0, 0.1) is 23.2 Å². The topological polar surface area (TPSA) is 86.7 Å². The summed E-state index contributed by atoms with van der Waals surface area (Å²) in [7, 11) is 0. The maximum Gasteiger partial charge on any atom is 0.320 e. The molecule has 2 saturated carbocycles. The second-order valence-electron chi connectivity index (χ2n) is 7.16. The van der Waals surface area contributed by atoms with E-state index in [2.05, 4.69) is 9.47 Å². The zero-order chi connectivity index (χ0) is 16.6. The molecule has 0 aromatic rings. The first-order valence-corrected chi connectivity index (χ1v) is 8.45. The Kier molecular flexibility index (Phi) is 4.25. The lowest BCUT2D eigenvalue weighted by atomic mass is 9.69. The lowest BCUT2D eigenvalue weighted by Crippen LogP contribution is -2.33. The van der Waals surface area contributed by atoms with E-state index in [9.17, 15) is 19.2 Å². The Hall–Kier alpha value is -1.72. The molecular formula is C17H22O6. The number of hydrogen-bond acceptors (Lipinski definition) is 6. The van der Waals surface area contributed by atoms with Gasteiger partial charge in [0.25, 0.3) is 0 Å². The summed E-state index contributed by atoms with van der Waals surface area (Å²) in [5.41, 5.74) is -0.491. The van der Waals surface area contributed by atoms with Gasteiger partial charge in [-0.25, -0.2) is 0 Å². The number of rotatable bonds is 0. The predicted molar refractivity (Wildman–Crippen MR) is 77.7 cm³/mol. The highest BCUT2D eigenvalue weighted by Gasteiger charge is 2.54. The van der Waals surface area contributed by atoms with E-state index in [1.165, 1.54) is 0 Å². The number of carbonyl (C=O) groups excluding carboxylic acids is 4. The minimum absolute atomic E-state index is 0.101. The number of esters is 4. The van der Waals surface area contributed by atoms with Gasteiger partial charge in [-0.1, -0.05) is 25.7 Å². The highest BCUT2D eigenvalue weighted by molar-refractivity contribution is 5.99. The van der Waals surface area contributed by atoms with E-state index in [0.29, 0.717) is 0 Å². The van der Waals surface area contributed by atoms with Crippen molar-refractivity contribution in [3.05, 3.63) is 0 Å². The minimum Gasteiger partial charge on any atom is -0.393 e. The summed E-state index contributed by atoms with van der Waals surface area (Å²) in [5.74, 6) is -1.55. The zero-order valence-electron chi connectivity index (χ0n) is 13.3. The molecule has 126 valence electrons. The lowest BCUT2D eigenvalue weighted by Gasteiger charge is -2.29. The highest BCUT2D eigenvalue weighted by Crippen LogP contribution is 2.46. The SMILES string of the molecule is CC12CCCCC1C(=O)OC2=O.O=C1OC(=O)C2CCCCC12. The van der Waals surface area contributed by atoms with Crippen molar-refractivity contribution in [3.8, 4) is 0 Å². The van der Waals surface area contributed by atoms with Gasteiger partial charge in [0.05, 0.1) is 23.2 Å². The molecule has 2 saturated heterocycles. The third-order valence-electron chi connectivity index (χ3n) is 5.72. The normalized spacial score (nSPS) is 38.9. The summed E-state index contributed by atoms with van der Waals surface area (Å²) < 4.78 is 9.16.